The summed E-state index contributed by atoms with van der Waals surface area (Å²) in [6.07, 6.45) is 5.89. The van der Waals surface area contributed by atoms with Gasteiger partial charge >= 0.3 is 6.09 Å². The number of unbranched alkanes of at least 4 members (excludes halogenated alkanes) is 3. The maximum Gasteiger partial charge on any atom is 0.414 e. The van der Waals surface area contributed by atoms with Crippen molar-refractivity contribution in [2.45, 2.75) is 38.7 Å². The summed E-state index contributed by atoms with van der Waals surface area (Å²) < 4.78 is 10.6. The molecule has 0 bridgehead atoms. The fourth-order valence-corrected chi connectivity index (χ4v) is 3.20. The maximum absolute atomic E-state index is 12.2. The van der Waals surface area contributed by atoms with Gasteiger partial charge in [0.1, 0.15) is 12.7 Å². The number of carbonyl (C=O) groups excluding carboxylic acids is 2. The monoisotopic (exact) mass is 373 g/mol. The van der Waals surface area contributed by atoms with Gasteiger partial charge < -0.3 is 14.4 Å². The second-order valence-corrected chi connectivity index (χ2v) is 6.77. The largest absolute Gasteiger partial charge is 0.442 e. The highest BCUT2D eigenvalue weighted by molar-refractivity contribution is 5.95. The van der Waals surface area contributed by atoms with Crippen molar-refractivity contribution in [1.29, 1.82) is 0 Å². The van der Waals surface area contributed by atoms with E-state index in [1.165, 1.54) is 12.8 Å². The third-order valence-electron chi connectivity index (χ3n) is 4.71. The third kappa shape index (κ3) is 5.07. The molecule has 0 unspecified atom stereocenters. The van der Waals surface area contributed by atoms with Gasteiger partial charge in [0.25, 0.3) is 5.91 Å². The molecule has 7 nitrogen and oxygen atoms in total. The van der Waals surface area contributed by atoms with Gasteiger partial charge in [-0.25, -0.2) is 4.79 Å². The average molecular weight is 373 g/mol. The van der Waals surface area contributed by atoms with Gasteiger partial charge in [0.2, 0.25) is 0 Å². The summed E-state index contributed by atoms with van der Waals surface area (Å²) in [5.74, 6) is -0.0496. The van der Waals surface area contributed by atoms with Gasteiger partial charge in [-0.1, -0.05) is 19.8 Å². The van der Waals surface area contributed by atoms with Crippen molar-refractivity contribution in [3.05, 3.63) is 24.3 Å². The number of morpholine rings is 1. The lowest BCUT2D eigenvalue weighted by molar-refractivity contribution is -0.125. The number of hydrogen-bond donors (Lipinski definition) is 0. The van der Waals surface area contributed by atoms with Crippen LogP contribution in [0.1, 0.15) is 32.6 Å². The van der Waals surface area contributed by atoms with Gasteiger partial charge in [0.15, 0.2) is 0 Å². The molecular weight excluding hydrogens is 346 g/mol. The van der Waals surface area contributed by atoms with Crippen molar-refractivity contribution in [3.63, 3.8) is 0 Å². The predicted molar refractivity (Wildman–Crippen MR) is 105 cm³/mol. The fraction of sp³-hybridized carbons (Fsp3) is 0.550. The number of nitrogens with zero attached hydrogens (tertiary/aromatic N) is 3. The Labute approximate surface area is 159 Å². The second kappa shape index (κ2) is 9.50. The molecule has 0 N–H and O–H groups in total. The number of carbonyl (C=O) groups is 2. The van der Waals surface area contributed by atoms with Crippen molar-refractivity contribution in [2.75, 3.05) is 42.6 Å². The molecule has 1 aromatic carbocycles. The van der Waals surface area contributed by atoms with Crippen LogP contribution in [0.3, 0.4) is 0 Å². The molecule has 2 aliphatic rings. The number of benzene rings is 1. The third-order valence-corrected chi connectivity index (χ3v) is 4.71. The quantitative estimate of drug-likeness (QED) is 0.519. The van der Waals surface area contributed by atoms with Crippen LogP contribution in [0, 0.1) is 0 Å². The highest BCUT2D eigenvalue weighted by Gasteiger charge is 2.32. The van der Waals surface area contributed by atoms with Crippen LogP contribution in [0.15, 0.2) is 29.3 Å². The number of aliphatic imine (C=N–C) groups is 1. The van der Waals surface area contributed by atoms with Crippen LogP contribution >= 0.6 is 0 Å². The zero-order valence-corrected chi connectivity index (χ0v) is 15.8. The molecular formula is C20H27N3O4. The first-order valence-corrected chi connectivity index (χ1v) is 9.63. The number of anilines is 2. The van der Waals surface area contributed by atoms with E-state index in [0.29, 0.717) is 26.2 Å². The van der Waals surface area contributed by atoms with Gasteiger partial charge in [0.05, 0.1) is 19.7 Å². The van der Waals surface area contributed by atoms with Crippen molar-refractivity contribution in [1.82, 2.24) is 0 Å². The average Bonchev–Trinajstić information content (AvgIpc) is 3.06. The molecule has 0 spiro atoms. The van der Waals surface area contributed by atoms with E-state index in [9.17, 15) is 9.59 Å². The van der Waals surface area contributed by atoms with E-state index in [1.54, 1.807) is 9.80 Å². The fourth-order valence-electron chi connectivity index (χ4n) is 3.20. The summed E-state index contributed by atoms with van der Waals surface area (Å²) in [6.45, 7) is 4.35. The van der Waals surface area contributed by atoms with Crippen LogP contribution in [0.2, 0.25) is 0 Å². The summed E-state index contributed by atoms with van der Waals surface area (Å²) in [6, 6.07) is 7.39. The molecule has 146 valence electrons. The molecule has 2 amide bonds. The molecule has 1 aromatic rings. The van der Waals surface area contributed by atoms with Crippen LogP contribution in [0.25, 0.3) is 0 Å². The van der Waals surface area contributed by atoms with Gasteiger partial charge in [0, 0.05) is 17.9 Å². The van der Waals surface area contributed by atoms with E-state index < -0.39 is 0 Å². The summed E-state index contributed by atoms with van der Waals surface area (Å²) in [5.41, 5.74) is 1.58. The topological polar surface area (TPSA) is 71.4 Å². The van der Waals surface area contributed by atoms with E-state index in [1.807, 2.05) is 30.5 Å². The first kappa shape index (κ1) is 19.4. The SMILES string of the molecule is CCCCCC=NC[C@@H]1CN(c2ccc(N3CCOCC3=O)cc2)C(=O)O1. The number of ether oxygens (including phenoxy) is 2. The highest BCUT2D eigenvalue weighted by atomic mass is 16.6. The molecule has 1 atom stereocenters. The van der Waals surface area contributed by atoms with Crippen LogP contribution in [-0.2, 0) is 14.3 Å². The minimum atomic E-state index is -0.351. The first-order chi connectivity index (χ1) is 13.2. The van der Waals surface area contributed by atoms with E-state index in [0.717, 1.165) is 24.2 Å². The smallest absolute Gasteiger partial charge is 0.414 e. The number of amides is 2. The molecule has 0 radical (unpaired) electrons. The summed E-state index contributed by atoms with van der Waals surface area (Å²) in [5, 5.41) is 0. The van der Waals surface area contributed by atoms with Crippen molar-refractivity contribution >= 4 is 29.6 Å². The molecule has 0 aromatic heterocycles. The lowest BCUT2D eigenvalue weighted by atomic mass is 10.2. The normalized spacial score (nSPS) is 20.6. The van der Waals surface area contributed by atoms with Crippen LogP contribution in [0.4, 0.5) is 16.2 Å². The molecule has 2 fully saturated rings. The van der Waals surface area contributed by atoms with Crippen LogP contribution in [0.5, 0.6) is 0 Å². The Hall–Kier alpha value is -2.41. The lowest BCUT2D eigenvalue weighted by Crippen LogP contribution is -2.41. The van der Waals surface area contributed by atoms with E-state index in [2.05, 4.69) is 11.9 Å². The van der Waals surface area contributed by atoms with Gasteiger partial charge in [-0.15, -0.1) is 0 Å². The highest BCUT2D eigenvalue weighted by Crippen LogP contribution is 2.25. The number of hydrogen-bond acceptors (Lipinski definition) is 5. The Morgan fingerprint density at radius 2 is 1.89 bits per heavy atom. The minimum absolute atomic E-state index is 0.0496. The molecule has 2 saturated heterocycles. The molecule has 3 rings (SSSR count). The molecule has 2 heterocycles. The van der Waals surface area contributed by atoms with E-state index in [4.69, 9.17) is 9.47 Å². The Balaban J connectivity index is 1.53. The molecule has 7 heteroatoms. The molecule has 0 aliphatic carbocycles. The zero-order chi connectivity index (χ0) is 19.1. The zero-order valence-electron chi connectivity index (χ0n) is 15.8. The van der Waals surface area contributed by atoms with Crippen LogP contribution in [-0.4, -0.2) is 57.2 Å². The standard InChI is InChI=1S/C20H27N3O4/c1-2-3-4-5-10-21-13-18-14-23(20(25)27-18)17-8-6-16(7-9-17)22-11-12-26-15-19(22)24/h6-10,18H,2-5,11-15H2,1H3/t18-/m1/s1. The Kier molecular flexibility index (Phi) is 6.81. The van der Waals surface area contributed by atoms with Crippen molar-refractivity contribution in [3.8, 4) is 0 Å². The maximum atomic E-state index is 12.2. The molecule has 27 heavy (non-hydrogen) atoms. The lowest BCUT2D eigenvalue weighted by Gasteiger charge is -2.27. The number of cyclic esters (lactones) is 1. The van der Waals surface area contributed by atoms with Gasteiger partial charge in [-0.3, -0.25) is 14.7 Å². The minimum Gasteiger partial charge on any atom is -0.442 e. The van der Waals surface area contributed by atoms with E-state index in [-0.39, 0.29) is 24.7 Å². The number of rotatable bonds is 8. The Morgan fingerprint density at radius 1 is 1.15 bits per heavy atom. The molecule has 2 aliphatic heterocycles. The Morgan fingerprint density at radius 3 is 2.59 bits per heavy atom. The second-order valence-electron chi connectivity index (χ2n) is 6.77. The van der Waals surface area contributed by atoms with Gasteiger partial charge in [-0.05, 0) is 43.3 Å². The van der Waals surface area contributed by atoms with Gasteiger partial charge in [-0.2, -0.15) is 0 Å². The molecule has 0 saturated carbocycles. The summed E-state index contributed by atoms with van der Waals surface area (Å²) in [4.78, 5) is 31.8. The van der Waals surface area contributed by atoms with Crippen LogP contribution < -0.4 is 9.80 Å². The predicted octanol–water partition coefficient (Wildman–Crippen LogP) is 3.03. The van der Waals surface area contributed by atoms with E-state index >= 15 is 0 Å². The summed E-state index contributed by atoms with van der Waals surface area (Å²) >= 11 is 0. The summed E-state index contributed by atoms with van der Waals surface area (Å²) in [7, 11) is 0. The van der Waals surface area contributed by atoms with Crippen molar-refractivity contribution < 1.29 is 19.1 Å². The van der Waals surface area contributed by atoms with Crippen molar-refractivity contribution in [2.24, 2.45) is 4.99 Å². The first-order valence-electron chi connectivity index (χ1n) is 9.63. The Bertz CT molecular complexity index is 674.